The molecule has 0 saturated carbocycles. The maximum absolute atomic E-state index is 9.33. The summed E-state index contributed by atoms with van der Waals surface area (Å²) in [4.78, 5) is 1.98. The highest BCUT2D eigenvalue weighted by molar-refractivity contribution is 5.79. The highest BCUT2D eigenvalue weighted by Crippen LogP contribution is 2.39. The van der Waals surface area contributed by atoms with Gasteiger partial charge >= 0.3 is 0 Å². The zero-order chi connectivity index (χ0) is 20.4. The number of aromatic nitrogens is 1. The summed E-state index contributed by atoms with van der Waals surface area (Å²) >= 11 is 0. The van der Waals surface area contributed by atoms with Crippen LogP contribution in [-0.4, -0.2) is 40.2 Å². The molecule has 1 saturated heterocycles. The number of piperidine rings is 1. The zero-order valence-corrected chi connectivity index (χ0v) is 17.0. The molecule has 3 N–H and O–H groups in total. The molecule has 1 aliphatic carbocycles. The Kier molecular flexibility index (Phi) is 5.72. The molecule has 154 valence electrons. The van der Waals surface area contributed by atoms with Crippen molar-refractivity contribution in [3.63, 3.8) is 0 Å². The number of likely N-dealkylation sites (tertiary alicyclic amines) is 1. The number of rotatable bonds is 3. The van der Waals surface area contributed by atoms with Crippen molar-refractivity contribution in [2.75, 3.05) is 19.7 Å². The summed E-state index contributed by atoms with van der Waals surface area (Å²) in [7, 11) is 0. The van der Waals surface area contributed by atoms with Crippen LogP contribution in [0.15, 0.2) is 42.6 Å². The number of hydrogen-bond donors (Lipinski definition) is 3. The van der Waals surface area contributed by atoms with Crippen molar-refractivity contribution >= 4 is 5.96 Å². The SMILES string of the molecule is C[C@H]1CC[C@@H](Oc2ccc(=N)n(C(=N)N3CCC(CO)CC3)c2)c2ccccc21. The van der Waals surface area contributed by atoms with Crippen LogP contribution in [0.1, 0.15) is 55.8 Å². The molecule has 0 unspecified atom stereocenters. The van der Waals surface area contributed by atoms with Crippen LogP contribution < -0.4 is 10.2 Å². The Bertz CT molecular complexity index is 930. The fourth-order valence-electron chi connectivity index (χ4n) is 4.46. The maximum atomic E-state index is 9.33. The van der Waals surface area contributed by atoms with E-state index in [1.165, 1.54) is 11.1 Å². The number of aliphatic hydroxyl groups is 1. The lowest BCUT2D eigenvalue weighted by atomic mass is 9.82. The number of nitrogens with zero attached hydrogens (tertiary/aromatic N) is 2. The monoisotopic (exact) mass is 394 g/mol. The summed E-state index contributed by atoms with van der Waals surface area (Å²) in [5.74, 6) is 1.85. The van der Waals surface area contributed by atoms with Gasteiger partial charge in [-0.3, -0.25) is 15.4 Å². The average molecular weight is 395 g/mol. The van der Waals surface area contributed by atoms with Gasteiger partial charge in [-0.25, -0.2) is 0 Å². The third-order valence-corrected chi connectivity index (χ3v) is 6.34. The van der Waals surface area contributed by atoms with Gasteiger partial charge in [-0.2, -0.15) is 0 Å². The van der Waals surface area contributed by atoms with Gasteiger partial charge in [0, 0.05) is 19.7 Å². The first-order chi connectivity index (χ1) is 14.1. The van der Waals surface area contributed by atoms with E-state index in [1.807, 2.05) is 11.0 Å². The van der Waals surface area contributed by atoms with Gasteiger partial charge in [-0.15, -0.1) is 0 Å². The number of hydrogen-bond acceptors (Lipinski definition) is 4. The number of benzene rings is 1. The Morgan fingerprint density at radius 1 is 1.07 bits per heavy atom. The fourth-order valence-corrected chi connectivity index (χ4v) is 4.46. The molecule has 0 bridgehead atoms. The van der Waals surface area contributed by atoms with Crippen molar-refractivity contribution in [3.8, 4) is 5.75 Å². The van der Waals surface area contributed by atoms with E-state index in [0.717, 1.165) is 38.8 Å². The molecule has 4 rings (SSSR count). The van der Waals surface area contributed by atoms with Crippen molar-refractivity contribution in [2.45, 2.75) is 44.6 Å². The molecule has 2 aromatic rings. The van der Waals surface area contributed by atoms with Crippen LogP contribution in [0.3, 0.4) is 0 Å². The molecule has 1 fully saturated rings. The third-order valence-electron chi connectivity index (χ3n) is 6.34. The van der Waals surface area contributed by atoms with Crippen molar-refractivity contribution < 1.29 is 9.84 Å². The first-order valence-electron chi connectivity index (χ1n) is 10.5. The summed E-state index contributed by atoms with van der Waals surface area (Å²) < 4.78 is 7.93. The number of nitrogens with one attached hydrogen (secondary N) is 2. The van der Waals surface area contributed by atoms with Crippen LogP contribution in [0.25, 0.3) is 0 Å². The Balaban J connectivity index is 1.53. The highest BCUT2D eigenvalue weighted by atomic mass is 16.5. The molecule has 29 heavy (non-hydrogen) atoms. The number of fused-ring (bicyclic) bond motifs is 1. The molecular weight excluding hydrogens is 364 g/mol. The van der Waals surface area contributed by atoms with E-state index in [-0.39, 0.29) is 18.2 Å². The Hall–Kier alpha value is -2.60. The van der Waals surface area contributed by atoms with E-state index in [9.17, 15) is 5.11 Å². The molecule has 2 atom stereocenters. The lowest BCUT2D eigenvalue weighted by Crippen LogP contribution is -2.44. The molecule has 2 aliphatic rings. The molecule has 6 nitrogen and oxygen atoms in total. The van der Waals surface area contributed by atoms with Gasteiger partial charge in [0.1, 0.15) is 17.3 Å². The second kappa shape index (κ2) is 8.41. The molecule has 0 amide bonds. The van der Waals surface area contributed by atoms with E-state index >= 15 is 0 Å². The van der Waals surface area contributed by atoms with Gasteiger partial charge in [0.25, 0.3) is 0 Å². The van der Waals surface area contributed by atoms with Gasteiger partial charge in [-0.1, -0.05) is 31.2 Å². The Morgan fingerprint density at radius 2 is 1.79 bits per heavy atom. The zero-order valence-electron chi connectivity index (χ0n) is 17.0. The fraction of sp³-hybridized carbons (Fsp3) is 0.478. The van der Waals surface area contributed by atoms with Gasteiger partial charge in [0.05, 0.1) is 6.20 Å². The van der Waals surface area contributed by atoms with E-state index in [1.54, 1.807) is 16.8 Å². The molecular formula is C23H30N4O2. The second-order valence-corrected chi connectivity index (χ2v) is 8.27. The lowest BCUT2D eigenvalue weighted by molar-refractivity contribution is 0.163. The minimum absolute atomic E-state index is 0.00177. The predicted octanol–water partition coefficient (Wildman–Crippen LogP) is 3.47. The average Bonchev–Trinajstić information content (AvgIpc) is 2.77. The maximum Gasteiger partial charge on any atom is 0.203 e. The molecule has 6 heteroatoms. The molecule has 0 radical (unpaired) electrons. The van der Waals surface area contributed by atoms with Crippen molar-refractivity contribution in [1.29, 1.82) is 10.8 Å². The third kappa shape index (κ3) is 4.08. The summed E-state index contributed by atoms with van der Waals surface area (Å²) in [5, 5.41) is 26.2. The predicted molar refractivity (Wildman–Crippen MR) is 112 cm³/mol. The van der Waals surface area contributed by atoms with Crippen molar-refractivity contribution in [2.24, 2.45) is 5.92 Å². The summed E-state index contributed by atoms with van der Waals surface area (Å²) in [5.41, 5.74) is 2.87. The van der Waals surface area contributed by atoms with Crippen LogP contribution in [0.4, 0.5) is 0 Å². The minimum Gasteiger partial charge on any atom is -0.484 e. The van der Waals surface area contributed by atoms with E-state index in [4.69, 9.17) is 15.6 Å². The van der Waals surface area contributed by atoms with E-state index in [2.05, 4.69) is 31.2 Å². The van der Waals surface area contributed by atoms with Gasteiger partial charge in [0.2, 0.25) is 5.96 Å². The summed E-state index contributed by atoms with van der Waals surface area (Å²) in [6.45, 7) is 3.94. The van der Waals surface area contributed by atoms with Crippen LogP contribution in [0.2, 0.25) is 0 Å². The topological polar surface area (TPSA) is 85.3 Å². The highest BCUT2D eigenvalue weighted by Gasteiger charge is 2.26. The number of ether oxygens (including phenoxy) is 1. The minimum atomic E-state index is 0.00177. The van der Waals surface area contributed by atoms with Gasteiger partial charge in [0.15, 0.2) is 0 Å². The molecule has 1 aromatic heterocycles. The van der Waals surface area contributed by atoms with Crippen molar-refractivity contribution in [1.82, 2.24) is 9.47 Å². The van der Waals surface area contributed by atoms with Gasteiger partial charge < -0.3 is 14.7 Å². The van der Waals surface area contributed by atoms with Crippen LogP contribution in [0.5, 0.6) is 5.75 Å². The second-order valence-electron chi connectivity index (χ2n) is 8.27. The smallest absolute Gasteiger partial charge is 0.203 e. The quantitative estimate of drug-likeness (QED) is 0.550. The lowest BCUT2D eigenvalue weighted by Gasteiger charge is -2.33. The van der Waals surface area contributed by atoms with E-state index in [0.29, 0.717) is 23.5 Å². The molecule has 2 heterocycles. The van der Waals surface area contributed by atoms with Crippen molar-refractivity contribution in [3.05, 3.63) is 59.2 Å². The first-order valence-corrected chi connectivity index (χ1v) is 10.5. The Morgan fingerprint density at radius 3 is 2.52 bits per heavy atom. The summed E-state index contributed by atoms with van der Waals surface area (Å²) in [6.07, 6.45) is 5.58. The van der Waals surface area contributed by atoms with Gasteiger partial charge in [-0.05, 0) is 60.8 Å². The standard InChI is InChI=1S/C23H30N4O2/c1-16-6-8-21(20-5-3-2-4-19(16)20)29-18-7-9-22(24)27(14-18)23(25)26-12-10-17(15-28)11-13-26/h2-5,7,9,14,16-17,21,24-25,28H,6,8,10-13,15H2,1H3/t16-,21+/m0/s1. The molecule has 0 spiro atoms. The molecule has 1 aromatic carbocycles. The largest absolute Gasteiger partial charge is 0.484 e. The number of pyridine rings is 1. The number of aliphatic hydroxyl groups excluding tert-OH is 1. The summed E-state index contributed by atoms with van der Waals surface area (Å²) in [6, 6.07) is 12.0. The van der Waals surface area contributed by atoms with Crippen LogP contribution in [0, 0.1) is 16.7 Å². The van der Waals surface area contributed by atoms with Crippen LogP contribution in [-0.2, 0) is 0 Å². The van der Waals surface area contributed by atoms with Crippen LogP contribution >= 0.6 is 0 Å². The Labute approximate surface area is 171 Å². The van der Waals surface area contributed by atoms with E-state index < -0.39 is 0 Å². The normalized spacial score (nSPS) is 22.2. The first kappa shape index (κ1) is 19.7. The molecule has 1 aliphatic heterocycles.